The van der Waals surface area contributed by atoms with E-state index in [1.54, 1.807) is 0 Å². The van der Waals surface area contributed by atoms with E-state index < -0.39 is 0 Å². The minimum Gasteiger partial charge on any atom is -0.312 e. The van der Waals surface area contributed by atoms with Gasteiger partial charge in [-0.1, -0.05) is 13.3 Å². The van der Waals surface area contributed by atoms with Gasteiger partial charge in [0.15, 0.2) is 0 Å². The molecule has 2 rings (SSSR count). The first kappa shape index (κ1) is 15.5. The average Bonchev–Trinajstić information content (AvgIpc) is 2.85. The Morgan fingerprint density at radius 3 is 2.55 bits per heavy atom. The third-order valence-corrected chi connectivity index (χ3v) is 4.66. The molecule has 1 saturated heterocycles. The van der Waals surface area contributed by atoms with E-state index in [2.05, 4.69) is 42.2 Å². The molecule has 1 fully saturated rings. The van der Waals surface area contributed by atoms with Gasteiger partial charge in [-0.15, -0.1) is 0 Å². The monoisotopic (exact) mass is 278 g/mol. The van der Waals surface area contributed by atoms with Crippen LogP contribution in [0.4, 0.5) is 0 Å². The highest BCUT2D eigenvalue weighted by atomic mass is 15.3. The van der Waals surface area contributed by atoms with Crippen molar-refractivity contribution in [2.45, 2.75) is 58.0 Å². The van der Waals surface area contributed by atoms with Crippen LogP contribution in [-0.4, -0.2) is 45.9 Å². The van der Waals surface area contributed by atoms with Crippen molar-refractivity contribution in [1.82, 2.24) is 20.0 Å². The Hall–Kier alpha value is -0.870. The van der Waals surface area contributed by atoms with Crippen LogP contribution in [0.3, 0.4) is 0 Å². The Labute approximate surface area is 123 Å². The molecule has 1 aromatic rings. The molecule has 0 saturated carbocycles. The van der Waals surface area contributed by atoms with E-state index in [9.17, 15) is 0 Å². The second-order valence-corrected chi connectivity index (χ2v) is 6.50. The summed E-state index contributed by atoms with van der Waals surface area (Å²) in [5.74, 6) is 0. The summed E-state index contributed by atoms with van der Waals surface area (Å²) in [5.41, 5.74) is 1.36. The van der Waals surface area contributed by atoms with Crippen LogP contribution in [0.25, 0.3) is 0 Å². The Balaban J connectivity index is 2.08. The van der Waals surface area contributed by atoms with Crippen molar-refractivity contribution in [3.63, 3.8) is 0 Å². The molecule has 1 atom stereocenters. The van der Waals surface area contributed by atoms with Gasteiger partial charge in [-0.05, 0) is 52.4 Å². The second-order valence-electron chi connectivity index (χ2n) is 6.50. The molecule has 0 aliphatic carbocycles. The SMILES string of the molecule is CCNC(Cc1ccn(C)n1)C(C)(C)N1CCCCC1. The van der Waals surface area contributed by atoms with Gasteiger partial charge in [0.25, 0.3) is 0 Å². The van der Waals surface area contributed by atoms with Crippen molar-refractivity contribution in [2.24, 2.45) is 7.05 Å². The van der Waals surface area contributed by atoms with Crippen LogP contribution in [0.2, 0.25) is 0 Å². The maximum Gasteiger partial charge on any atom is 0.0640 e. The summed E-state index contributed by atoms with van der Waals surface area (Å²) in [6, 6.07) is 2.58. The van der Waals surface area contributed by atoms with E-state index in [1.807, 2.05) is 17.9 Å². The second kappa shape index (κ2) is 6.72. The third kappa shape index (κ3) is 3.61. The zero-order valence-corrected chi connectivity index (χ0v) is 13.5. The standard InChI is InChI=1S/C16H30N4/c1-5-17-15(13-14-9-12-19(4)18-14)16(2,3)20-10-7-6-8-11-20/h9,12,15,17H,5-8,10-11,13H2,1-4H3. The maximum absolute atomic E-state index is 4.55. The van der Waals surface area contributed by atoms with Gasteiger partial charge in [-0.25, -0.2) is 0 Å². The van der Waals surface area contributed by atoms with E-state index >= 15 is 0 Å². The number of nitrogens with zero attached hydrogens (tertiary/aromatic N) is 3. The summed E-state index contributed by atoms with van der Waals surface area (Å²) in [5, 5.41) is 8.24. The number of hydrogen-bond donors (Lipinski definition) is 1. The van der Waals surface area contributed by atoms with Gasteiger partial charge in [-0.3, -0.25) is 9.58 Å². The van der Waals surface area contributed by atoms with Crippen molar-refractivity contribution >= 4 is 0 Å². The van der Waals surface area contributed by atoms with E-state index in [4.69, 9.17) is 0 Å². The molecular formula is C16H30N4. The number of nitrogens with one attached hydrogen (secondary N) is 1. The molecule has 1 N–H and O–H groups in total. The maximum atomic E-state index is 4.55. The van der Waals surface area contributed by atoms with Gasteiger partial charge in [0.2, 0.25) is 0 Å². The van der Waals surface area contributed by atoms with Crippen molar-refractivity contribution in [2.75, 3.05) is 19.6 Å². The lowest BCUT2D eigenvalue weighted by Crippen LogP contribution is -2.59. The first-order chi connectivity index (χ1) is 9.54. The van der Waals surface area contributed by atoms with Gasteiger partial charge >= 0.3 is 0 Å². The Bertz CT molecular complexity index is 404. The summed E-state index contributed by atoms with van der Waals surface area (Å²) in [4.78, 5) is 2.66. The van der Waals surface area contributed by atoms with Crippen LogP contribution in [0.1, 0.15) is 45.7 Å². The van der Waals surface area contributed by atoms with E-state index in [-0.39, 0.29) is 5.54 Å². The lowest BCUT2D eigenvalue weighted by molar-refractivity contribution is 0.0612. The highest BCUT2D eigenvalue weighted by Gasteiger charge is 2.35. The molecule has 0 aromatic carbocycles. The molecule has 4 heteroatoms. The smallest absolute Gasteiger partial charge is 0.0640 e. The van der Waals surface area contributed by atoms with Crippen molar-refractivity contribution in [3.8, 4) is 0 Å². The molecule has 1 unspecified atom stereocenters. The summed E-state index contributed by atoms with van der Waals surface area (Å²) in [7, 11) is 1.99. The number of aryl methyl sites for hydroxylation is 1. The predicted molar refractivity (Wildman–Crippen MR) is 83.9 cm³/mol. The molecule has 114 valence electrons. The van der Waals surface area contributed by atoms with Crippen LogP contribution in [0.15, 0.2) is 12.3 Å². The van der Waals surface area contributed by atoms with Gasteiger partial charge in [0, 0.05) is 31.2 Å². The Morgan fingerprint density at radius 2 is 2.00 bits per heavy atom. The topological polar surface area (TPSA) is 33.1 Å². The number of likely N-dealkylation sites (N-methyl/N-ethyl adjacent to an activating group) is 1. The minimum atomic E-state index is 0.175. The Morgan fingerprint density at radius 1 is 1.30 bits per heavy atom. The van der Waals surface area contributed by atoms with Crippen LogP contribution in [0.5, 0.6) is 0 Å². The van der Waals surface area contributed by atoms with Crippen LogP contribution >= 0.6 is 0 Å². The molecule has 1 aromatic heterocycles. The quantitative estimate of drug-likeness (QED) is 0.866. The number of rotatable bonds is 6. The first-order valence-corrected chi connectivity index (χ1v) is 8.01. The highest BCUT2D eigenvalue weighted by Crippen LogP contribution is 2.25. The van der Waals surface area contributed by atoms with Gasteiger partial charge in [-0.2, -0.15) is 5.10 Å². The van der Waals surface area contributed by atoms with Crippen molar-refractivity contribution in [3.05, 3.63) is 18.0 Å². The molecule has 1 aliphatic heterocycles. The average molecular weight is 278 g/mol. The third-order valence-electron chi connectivity index (χ3n) is 4.66. The molecule has 0 bridgehead atoms. The lowest BCUT2D eigenvalue weighted by atomic mass is 9.87. The Kier molecular flexibility index (Phi) is 5.22. The molecule has 0 amide bonds. The van der Waals surface area contributed by atoms with Gasteiger partial charge in [0.05, 0.1) is 5.69 Å². The number of likely N-dealkylation sites (tertiary alicyclic amines) is 1. The largest absolute Gasteiger partial charge is 0.312 e. The fourth-order valence-electron chi connectivity index (χ4n) is 3.29. The normalized spacial score (nSPS) is 19.2. The number of hydrogen-bond acceptors (Lipinski definition) is 3. The molecular weight excluding hydrogens is 248 g/mol. The van der Waals surface area contributed by atoms with Crippen molar-refractivity contribution < 1.29 is 0 Å². The van der Waals surface area contributed by atoms with Crippen LogP contribution in [-0.2, 0) is 13.5 Å². The zero-order valence-electron chi connectivity index (χ0n) is 13.5. The number of aromatic nitrogens is 2. The van der Waals surface area contributed by atoms with Crippen LogP contribution < -0.4 is 5.32 Å². The van der Waals surface area contributed by atoms with E-state index in [0.717, 1.165) is 13.0 Å². The number of piperidine rings is 1. The first-order valence-electron chi connectivity index (χ1n) is 8.01. The summed E-state index contributed by atoms with van der Waals surface area (Å²) < 4.78 is 1.90. The van der Waals surface area contributed by atoms with E-state index in [0.29, 0.717) is 6.04 Å². The summed E-state index contributed by atoms with van der Waals surface area (Å²) >= 11 is 0. The lowest BCUT2D eigenvalue weighted by Gasteiger charge is -2.46. The summed E-state index contributed by atoms with van der Waals surface area (Å²) in [6.07, 6.45) is 7.10. The molecule has 0 spiro atoms. The van der Waals surface area contributed by atoms with Crippen molar-refractivity contribution in [1.29, 1.82) is 0 Å². The van der Waals surface area contributed by atoms with Crippen LogP contribution in [0, 0.1) is 0 Å². The summed E-state index contributed by atoms with van der Waals surface area (Å²) in [6.45, 7) is 10.4. The highest BCUT2D eigenvalue weighted by molar-refractivity contribution is 5.06. The fraction of sp³-hybridized carbons (Fsp3) is 0.812. The molecule has 1 aliphatic rings. The minimum absolute atomic E-state index is 0.175. The molecule has 2 heterocycles. The zero-order chi connectivity index (χ0) is 14.6. The predicted octanol–water partition coefficient (Wildman–Crippen LogP) is 2.21. The van der Waals surface area contributed by atoms with Gasteiger partial charge in [0.1, 0.15) is 0 Å². The van der Waals surface area contributed by atoms with E-state index in [1.165, 1.54) is 38.0 Å². The molecule has 4 nitrogen and oxygen atoms in total. The molecule has 0 radical (unpaired) electrons. The fourth-order valence-corrected chi connectivity index (χ4v) is 3.29. The van der Waals surface area contributed by atoms with Gasteiger partial charge < -0.3 is 5.32 Å². The molecule has 20 heavy (non-hydrogen) atoms.